The third-order valence-electron chi connectivity index (χ3n) is 3.02. The van der Waals surface area contributed by atoms with Crippen LogP contribution in [0.15, 0.2) is 12.3 Å². The third kappa shape index (κ3) is 1.66. The lowest BCUT2D eigenvalue weighted by Crippen LogP contribution is -2.21. The Morgan fingerprint density at radius 1 is 0.938 bits per heavy atom. The summed E-state index contributed by atoms with van der Waals surface area (Å²) in [6.45, 7) is 13.6. The summed E-state index contributed by atoms with van der Waals surface area (Å²) in [5.74, 6) is 0. The zero-order chi connectivity index (χ0) is 12.1. The Balaban J connectivity index is 2.79. The van der Waals surface area contributed by atoms with Crippen molar-refractivity contribution in [3.05, 3.63) is 23.5 Å². The van der Waals surface area contributed by atoms with Gasteiger partial charge in [-0.1, -0.05) is 41.5 Å². The molecule has 0 spiro atoms. The molecule has 2 aromatic heterocycles. The van der Waals surface area contributed by atoms with Crippen LogP contribution < -0.4 is 0 Å². The van der Waals surface area contributed by atoms with Crippen LogP contribution in [0.5, 0.6) is 0 Å². The van der Waals surface area contributed by atoms with Gasteiger partial charge >= 0.3 is 0 Å². The number of aromatic amines is 2. The number of hydrogen-bond acceptors (Lipinski definition) is 0. The number of rotatable bonds is 0. The van der Waals surface area contributed by atoms with Gasteiger partial charge in [0.25, 0.3) is 0 Å². The second kappa shape index (κ2) is 3.16. The second-order valence-corrected chi connectivity index (χ2v) is 6.64. The molecule has 88 valence electrons. The molecule has 0 amide bonds. The fraction of sp³-hybridized carbons (Fsp3) is 0.571. The fourth-order valence-corrected chi connectivity index (χ4v) is 2.34. The summed E-state index contributed by atoms with van der Waals surface area (Å²) in [5.41, 5.74) is 4.26. The Labute approximate surface area is 97.5 Å². The number of fused-ring (bicyclic) bond motifs is 1. The molecule has 0 saturated carbocycles. The Morgan fingerprint density at radius 2 is 1.56 bits per heavy atom. The van der Waals surface area contributed by atoms with Crippen LogP contribution in [0.2, 0.25) is 0 Å². The van der Waals surface area contributed by atoms with Crippen LogP contribution in [0.1, 0.15) is 52.8 Å². The summed E-state index contributed by atoms with van der Waals surface area (Å²) < 4.78 is 0. The first-order chi connectivity index (χ1) is 7.21. The lowest BCUT2D eigenvalue weighted by molar-refractivity contribution is 0.524. The summed E-state index contributed by atoms with van der Waals surface area (Å²) >= 11 is 0. The highest BCUT2D eigenvalue weighted by Gasteiger charge is 2.29. The summed E-state index contributed by atoms with van der Waals surface area (Å²) in [5, 5.41) is 1.33. The average Bonchev–Trinajstić information content (AvgIpc) is 2.53. The minimum Gasteiger partial charge on any atom is -0.348 e. The summed E-state index contributed by atoms with van der Waals surface area (Å²) in [7, 11) is 0. The van der Waals surface area contributed by atoms with Crippen LogP contribution in [0.25, 0.3) is 11.0 Å². The highest BCUT2D eigenvalue weighted by molar-refractivity contribution is 5.83. The van der Waals surface area contributed by atoms with Crippen LogP contribution in [0, 0.1) is 0 Å². The molecule has 2 aromatic rings. The molecule has 0 radical (unpaired) electrons. The molecule has 0 bridgehead atoms. The van der Waals surface area contributed by atoms with Gasteiger partial charge < -0.3 is 9.97 Å². The van der Waals surface area contributed by atoms with Crippen molar-refractivity contribution < 1.29 is 0 Å². The van der Waals surface area contributed by atoms with E-state index in [9.17, 15) is 0 Å². The molecule has 0 aromatic carbocycles. The molecule has 0 fully saturated rings. The monoisotopic (exact) mass is 218 g/mol. The number of hydrogen-bond donors (Lipinski definition) is 2. The molecule has 0 unspecified atom stereocenters. The number of H-pyrrole nitrogens is 2. The second-order valence-electron chi connectivity index (χ2n) is 6.64. The van der Waals surface area contributed by atoms with Gasteiger partial charge in [-0.05, 0) is 17.0 Å². The maximum atomic E-state index is 3.54. The Morgan fingerprint density at radius 3 is 2.06 bits per heavy atom. The molecule has 0 saturated heterocycles. The van der Waals surface area contributed by atoms with E-state index in [-0.39, 0.29) is 10.8 Å². The van der Waals surface area contributed by atoms with E-state index in [1.165, 1.54) is 16.6 Å². The van der Waals surface area contributed by atoms with Gasteiger partial charge in [-0.2, -0.15) is 0 Å². The molecular formula is C14H22N2. The maximum absolute atomic E-state index is 3.54. The molecule has 2 heteroatoms. The van der Waals surface area contributed by atoms with Gasteiger partial charge in [-0.15, -0.1) is 0 Å². The van der Waals surface area contributed by atoms with Gasteiger partial charge in [0.1, 0.15) is 5.65 Å². The molecule has 0 aliphatic carbocycles. The number of aromatic nitrogens is 2. The highest BCUT2D eigenvalue weighted by Crippen LogP contribution is 2.38. The minimum atomic E-state index is 0.155. The average molecular weight is 218 g/mol. The van der Waals surface area contributed by atoms with Crippen molar-refractivity contribution in [2.45, 2.75) is 52.4 Å². The lowest BCUT2D eigenvalue weighted by Gasteiger charge is -2.26. The van der Waals surface area contributed by atoms with Gasteiger partial charge in [0, 0.05) is 22.7 Å². The topological polar surface area (TPSA) is 31.6 Å². The van der Waals surface area contributed by atoms with Crippen molar-refractivity contribution in [2.24, 2.45) is 0 Å². The van der Waals surface area contributed by atoms with E-state index in [2.05, 4.69) is 57.6 Å². The van der Waals surface area contributed by atoms with Crippen molar-refractivity contribution in [2.75, 3.05) is 0 Å². The Hall–Kier alpha value is -1.18. The predicted molar refractivity (Wildman–Crippen MR) is 70.0 cm³/mol. The third-order valence-corrected chi connectivity index (χ3v) is 3.02. The quantitative estimate of drug-likeness (QED) is 0.667. The first kappa shape index (κ1) is 11.3. The van der Waals surface area contributed by atoms with E-state index in [0.717, 1.165) is 5.65 Å². The van der Waals surface area contributed by atoms with Crippen molar-refractivity contribution in [3.63, 3.8) is 0 Å². The van der Waals surface area contributed by atoms with Crippen LogP contribution in [-0.2, 0) is 10.8 Å². The SMILES string of the molecule is CC(C)(C)c1[nH]c2[nH]ccc2c1C(C)(C)C. The van der Waals surface area contributed by atoms with Crippen molar-refractivity contribution in [1.82, 2.24) is 9.97 Å². The normalized spacial score (nSPS) is 13.6. The van der Waals surface area contributed by atoms with Crippen LogP contribution in [0.3, 0.4) is 0 Å². The zero-order valence-electron chi connectivity index (χ0n) is 11.2. The smallest absolute Gasteiger partial charge is 0.115 e. The van der Waals surface area contributed by atoms with Crippen LogP contribution in [-0.4, -0.2) is 9.97 Å². The maximum Gasteiger partial charge on any atom is 0.115 e. The summed E-state index contributed by atoms with van der Waals surface area (Å²) in [6.07, 6.45) is 2.00. The molecule has 2 N–H and O–H groups in total. The largest absolute Gasteiger partial charge is 0.348 e. The van der Waals surface area contributed by atoms with E-state index in [0.29, 0.717) is 0 Å². The first-order valence-electron chi connectivity index (χ1n) is 5.91. The van der Waals surface area contributed by atoms with Gasteiger partial charge in [-0.25, -0.2) is 0 Å². The van der Waals surface area contributed by atoms with Crippen molar-refractivity contribution in [1.29, 1.82) is 0 Å². The molecule has 0 aliphatic rings. The van der Waals surface area contributed by atoms with E-state index in [1.807, 2.05) is 6.20 Å². The molecule has 2 nitrogen and oxygen atoms in total. The van der Waals surface area contributed by atoms with Crippen LogP contribution >= 0.6 is 0 Å². The molecule has 16 heavy (non-hydrogen) atoms. The minimum absolute atomic E-state index is 0.155. The molecule has 2 heterocycles. The predicted octanol–water partition coefficient (Wildman–Crippen LogP) is 4.09. The van der Waals surface area contributed by atoms with E-state index in [1.54, 1.807) is 0 Å². The van der Waals surface area contributed by atoms with Gasteiger partial charge in [0.15, 0.2) is 0 Å². The summed E-state index contributed by atoms with van der Waals surface area (Å²) in [4.78, 5) is 6.80. The molecule has 0 aliphatic heterocycles. The first-order valence-corrected chi connectivity index (χ1v) is 5.91. The van der Waals surface area contributed by atoms with Crippen LogP contribution in [0.4, 0.5) is 0 Å². The Kier molecular flexibility index (Phi) is 2.23. The summed E-state index contributed by atoms with van der Waals surface area (Å²) in [6, 6.07) is 2.17. The van der Waals surface area contributed by atoms with Gasteiger partial charge in [0.05, 0.1) is 0 Å². The number of nitrogens with one attached hydrogen (secondary N) is 2. The fourth-order valence-electron chi connectivity index (χ4n) is 2.34. The van der Waals surface area contributed by atoms with Gasteiger partial charge in [-0.3, -0.25) is 0 Å². The van der Waals surface area contributed by atoms with E-state index in [4.69, 9.17) is 0 Å². The van der Waals surface area contributed by atoms with E-state index >= 15 is 0 Å². The van der Waals surface area contributed by atoms with Crippen molar-refractivity contribution >= 4 is 11.0 Å². The zero-order valence-corrected chi connectivity index (χ0v) is 11.2. The lowest BCUT2D eigenvalue weighted by atomic mass is 9.78. The van der Waals surface area contributed by atoms with E-state index < -0.39 is 0 Å². The standard InChI is InChI=1S/C14H22N2/c1-13(2,3)10-9-7-8-15-12(9)16-11(10)14(4,5)6/h7-8,15-16H,1-6H3. The highest BCUT2D eigenvalue weighted by atomic mass is 14.9. The van der Waals surface area contributed by atoms with Crippen molar-refractivity contribution in [3.8, 4) is 0 Å². The molecule has 0 atom stereocenters. The molecule has 2 rings (SSSR count). The van der Waals surface area contributed by atoms with Gasteiger partial charge in [0.2, 0.25) is 0 Å². The Bertz CT molecular complexity index is 501. The molecular weight excluding hydrogens is 196 g/mol.